The van der Waals surface area contributed by atoms with Gasteiger partial charge in [0.1, 0.15) is 6.04 Å². The largest absolute Gasteiger partial charge is 0.326 e. The van der Waals surface area contributed by atoms with Crippen molar-refractivity contribution in [3.63, 3.8) is 0 Å². The van der Waals surface area contributed by atoms with Gasteiger partial charge in [-0.15, -0.1) is 0 Å². The van der Waals surface area contributed by atoms with Gasteiger partial charge < -0.3 is 16.0 Å². The zero-order valence-electron chi connectivity index (χ0n) is 19.2. The van der Waals surface area contributed by atoms with Crippen LogP contribution in [-0.2, 0) is 22.7 Å². The lowest BCUT2D eigenvalue weighted by Crippen LogP contribution is -2.53. The maximum absolute atomic E-state index is 13.3. The fourth-order valence-electron chi connectivity index (χ4n) is 5.59. The highest BCUT2D eigenvalue weighted by atomic mass is 16.2. The number of carbonyl (C=O) groups excluding carboxylic acids is 3. The number of imide groups is 1. The Labute approximate surface area is 190 Å². The molecule has 1 aliphatic carbocycles. The number of nitrogens with zero attached hydrogens (tertiary/aromatic N) is 1. The minimum Gasteiger partial charge on any atom is -0.326 e. The molecular weight excluding hydrogens is 404 g/mol. The number of nitrogens with one attached hydrogen (secondary N) is 2. The molecule has 1 aromatic carbocycles. The minimum absolute atomic E-state index is 0.0607. The molecule has 7 nitrogen and oxygen atoms in total. The number of benzene rings is 1. The van der Waals surface area contributed by atoms with E-state index in [1.807, 2.05) is 18.2 Å². The van der Waals surface area contributed by atoms with Crippen LogP contribution in [-0.4, -0.2) is 40.7 Å². The summed E-state index contributed by atoms with van der Waals surface area (Å²) < 4.78 is 0. The molecule has 3 unspecified atom stereocenters. The molecule has 3 atom stereocenters. The van der Waals surface area contributed by atoms with Gasteiger partial charge in [-0.05, 0) is 42.2 Å². The summed E-state index contributed by atoms with van der Waals surface area (Å²) in [5, 5.41) is 6.10. The second-order valence-corrected chi connectivity index (χ2v) is 9.98. The van der Waals surface area contributed by atoms with E-state index in [9.17, 15) is 14.4 Å². The molecule has 4 rings (SSSR count). The van der Waals surface area contributed by atoms with Gasteiger partial charge in [0.25, 0.3) is 5.91 Å². The Hall–Kier alpha value is -2.25. The molecule has 2 fully saturated rings. The molecular formula is C25H36N4O3. The number of nitrogens with two attached hydrogens (primary N) is 1. The number of hydrogen-bond donors (Lipinski definition) is 3. The van der Waals surface area contributed by atoms with Crippen molar-refractivity contribution in [3.05, 3.63) is 34.9 Å². The highest BCUT2D eigenvalue weighted by molar-refractivity contribution is 6.05. The minimum atomic E-state index is -0.585. The first-order valence-corrected chi connectivity index (χ1v) is 12.1. The molecule has 32 heavy (non-hydrogen) atoms. The van der Waals surface area contributed by atoms with Crippen LogP contribution in [0.15, 0.2) is 18.2 Å². The first-order chi connectivity index (χ1) is 15.4. The van der Waals surface area contributed by atoms with Crippen molar-refractivity contribution >= 4 is 17.7 Å². The second kappa shape index (κ2) is 9.71. The van der Waals surface area contributed by atoms with Gasteiger partial charge in [0, 0.05) is 37.2 Å². The average Bonchev–Trinajstić information content (AvgIpc) is 3.11. The van der Waals surface area contributed by atoms with Crippen LogP contribution < -0.4 is 16.4 Å². The topological polar surface area (TPSA) is 105 Å². The first-order valence-electron chi connectivity index (χ1n) is 12.1. The van der Waals surface area contributed by atoms with Gasteiger partial charge in [0.2, 0.25) is 11.8 Å². The van der Waals surface area contributed by atoms with Gasteiger partial charge in [-0.3, -0.25) is 19.7 Å². The molecule has 0 bridgehead atoms. The van der Waals surface area contributed by atoms with Gasteiger partial charge >= 0.3 is 0 Å². The van der Waals surface area contributed by atoms with Crippen LogP contribution >= 0.6 is 0 Å². The number of piperidine rings is 1. The van der Waals surface area contributed by atoms with Crippen LogP contribution in [0, 0.1) is 11.8 Å². The highest BCUT2D eigenvalue weighted by Crippen LogP contribution is 2.32. The van der Waals surface area contributed by atoms with Crippen molar-refractivity contribution in [1.29, 1.82) is 0 Å². The van der Waals surface area contributed by atoms with Crippen molar-refractivity contribution in [2.45, 2.75) is 90.0 Å². The summed E-state index contributed by atoms with van der Waals surface area (Å²) in [6, 6.07) is 5.63. The molecule has 1 saturated carbocycles. The van der Waals surface area contributed by atoms with Crippen LogP contribution in [0.25, 0.3) is 0 Å². The average molecular weight is 441 g/mol. The zero-order valence-corrected chi connectivity index (χ0v) is 19.2. The standard InChI is InChI=1S/C25H36N4O3/c1-15(2)22(26)23(16-7-4-3-5-8-16)27-13-17-9-6-10-18-14-29(25(32)21(17)18)19-11-12-20(30)28-24(19)31/h6,9-10,15-16,19,22-23,27H,3-5,7-8,11-14,26H2,1-2H3,(H,28,30,31). The molecule has 0 spiro atoms. The Kier molecular flexibility index (Phi) is 6.96. The summed E-state index contributed by atoms with van der Waals surface area (Å²) in [7, 11) is 0. The van der Waals surface area contributed by atoms with Crippen molar-refractivity contribution < 1.29 is 14.4 Å². The van der Waals surface area contributed by atoms with Crippen LogP contribution in [0.5, 0.6) is 0 Å². The first kappa shape index (κ1) is 22.9. The van der Waals surface area contributed by atoms with Crippen molar-refractivity contribution in [2.24, 2.45) is 17.6 Å². The zero-order chi connectivity index (χ0) is 22.8. The molecule has 2 heterocycles. The molecule has 1 aromatic rings. The Balaban J connectivity index is 1.50. The third kappa shape index (κ3) is 4.59. The Morgan fingerprint density at radius 1 is 1.12 bits per heavy atom. The maximum Gasteiger partial charge on any atom is 0.255 e. The van der Waals surface area contributed by atoms with E-state index < -0.39 is 6.04 Å². The third-order valence-electron chi connectivity index (χ3n) is 7.51. The summed E-state index contributed by atoms with van der Waals surface area (Å²) in [6.07, 6.45) is 6.87. The fourth-order valence-corrected chi connectivity index (χ4v) is 5.59. The van der Waals surface area contributed by atoms with Crippen molar-refractivity contribution in [2.75, 3.05) is 0 Å². The molecule has 0 aromatic heterocycles. The van der Waals surface area contributed by atoms with E-state index in [0.717, 1.165) is 11.1 Å². The lowest BCUT2D eigenvalue weighted by Gasteiger charge is -2.37. The van der Waals surface area contributed by atoms with E-state index in [4.69, 9.17) is 5.73 Å². The van der Waals surface area contributed by atoms with Crippen LogP contribution in [0.2, 0.25) is 0 Å². The van der Waals surface area contributed by atoms with Gasteiger partial charge in [-0.1, -0.05) is 51.3 Å². The Morgan fingerprint density at radius 2 is 1.88 bits per heavy atom. The monoisotopic (exact) mass is 440 g/mol. The SMILES string of the molecule is CC(C)C(N)C(NCc1cccc2c1C(=O)N(C1CCC(=O)NC1=O)C2)C1CCCCC1. The summed E-state index contributed by atoms with van der Waals surface area (Å²) in [5.74, 6) is 0.182. The van der Waals surface area contributed by atoms with E-state index in [0.29, 0.717) is 36.9 Å². The summed E-state index contributed by atoms with van der Waals surface area (Å²) >= 11 is 0. The molecule has 0 radical (unpaired) electrons. The van der Waals surface area contributed by atoms with E-state index in [2.05, 4.69) is 24.5 Å². The molecule has 174 valence electrons. The van der Waals surface area contributed by atoms with Crippen molar-refractivity contribution in [3.8, 4) is 0 Å². The maximum atomic E-state index is 13.3. The molecule has 3 amide bonds. The number of amides is 3. The molecule has 1 saturated heterocycles. The smallest absolute Gasteiger partial charge is 0.255 e. The molecule has 4 N–H and O–H groups in total. The lowest BCUT2D eigenvalue weighted by atomic mass is 9.78. The Morgan fingerprint density at radius 3 is 2.56 bits per heavy atom. The number of carbonyl (C=O) groups is 3. The summed E-state index contributed by atoms with van der Waals surface area (Å²) in [6.45, 7) is 5.33. The molecule has 3 aliphatic rings. The fraction of sp³-hybridized carbons (Fsp3) is 0.640. The van der Waals surface area contributed by atoms with E-state index >= 15 is 0 Å². The van der Waals surface area contributed by atoms with Crippen LogP contribution in [0.3, 0.4) is 0 Å². The lowest BCUT2D eigenvalue weighted by molar-refractivity contribution is -0.136. The summed E-state index contributed by atoms with van der Waals surface area (Å²) in [5.41, 5.74) is 9.23. The number of hydrogen-bond acceptors (Lipinski definition) is 5. The van der Waals surface area contributed by atoms with Crippen LogP contribution in [0.4, 0.5) is 0 Å². The second-order valence-electron chi connectivity index (χ2n) is 9.98. The van der Waals surface area contributed by atoms with Crippen molar-refractivity contribution in [1.82, 2.24) is 15.5 Å². The van der Waals surface area contributed by atoms with E-state index in [-0.39, 0.29) is 36.2 Å². The van der Waals surface area contributed by atoms with E-state index in [1.54, 1.807) is 4.90 Å². The number of rotatable bonds is 7. The third-order valence-corrected chi connectivity index (χ3v) is 7.51. The Bertz CT molecular complexity index is 878. The highest BCUT2D eigenvalue weighted by Gasteiger charge is 2.40. The predicted molar refractivity (Wildman–Crippen MR) is 123 cm³/mol. The quantitative estimate of drug-likeness (QED) is 0.565. The normalized spacial score (nSPS) is 23.9. The van der Waals surface area contributed by atoms with Gasteiger partial charge in [-0.25, -0.2) is 0 Å². The number of fused-ring (bicyclic) bond motifs is 1. The van der Waals surface area contributed by atoms with Gasteiger partial charge in [-0.2, -0.15) is 0 Å². The van der Waals surface area contributed by atoms with Gasteiger partial charge in [0.15, 0.2) is 0 Å². The molecule has 7 heteroatoms. The van der Waals surface area contributed by atoms with Crippen LogP contribution in [0.1, 0.15) is 80.3 Å². The molecule has 2 aliphatic heterocycles. The predicted octanol–water partition coefficient (Wildman–Crippen LogP) is 2.47. The summed E-state index contributed by atoms with van der Waals surface area (Å²) in [4.78, 5) is 38.8. The van der Waals surface area contributed by atoms with Gasteiger partial charge in [0.05, 0.1) is 0 Å². The van der Waals surface area contributed by atoms with E-state index in [1.165, 1.54) is 32.1 Å².